The summed E-state index contributed by atoms with van der Waals surface area (Å²) in [6.45, 7) is 2.06. The maximum atomic E-state index is 12.2. The zero-order chi connectivity index (χ0) is 13.9. The molecule has 20 heavy (non-hydrogen) atoms. The van der Waals surface area contributed by atoms with E-state index in [4.69, 9.17) is 0 Å². The van der Waals surface area contributed by atoms with Gasteiger partial charge in [0.2, 0.25) is 0 Å². The van der Waals surface area contributed by atoms with Crippen molar-refractivity contribution in [3.8, 4) is 0 Å². The smallest absolute Gasteiger partial charge is 0.267 e. The van der Waals surface area contributed by atoms with E-state index in [-0.39, 0.29) is 5.91 Å². The van der Waals surface area contributed by atoms with Crippen LogP contribution in [0.1, 0.15) is 23.7 Å². The Balaban J connectivity index is 1.84. The fourth-order valence-corrected chi connectivity index (χ4v) is 2.70. The largest absolute Gasteiger partial charge is 0.279 e. The van der Waals surface area contributed by atoms with Crippen LogP contribution in [-0.2, 0) is 0 Å². The van der Waals surface area contributed by atoms with Gasteiger partial charge in [-0.05, 0) is 29.3 Å². The first-order valence-electron chi connectivity index (χ1n) is 6.46. The van der Waals surface area contributed by atoms with Gasteiger partial charge in [0.1, 0.15) is 0 Å². The van der Waals surface area contributed by atoms with Gasteiger partial charge in [0.05, 0.1) is 0 Å². The van der Waals surface area contributed by atoms with Crippen molar-refractivity contribution in [3.05, 3.63) is 59.1 Å². The number of hydrogen-bond donors (Lipinski definition) is 0. The standard InChI is InChI=1S/C16H13N2OS/c1-2-14-10-17-16(20-14)18-15(19)13-8-7-11-5-3-4-6-12(11)9-13/h3-10H,2H2,1H3. The quantitative estimate of drug-likeness (QED) is 0.836. The van der Waals surface area contributed by atoms with Gasteiger partial charge in [0, 0.05) is 16.7 Å². The monoisotopic (exact) mass is 281 g/mol. The van der Waals surface area contributed by atoms with Gasteiger partial charge < -0.3 is 0 Å². The Labute approximate surface area is 121 Å². The Kier molecular flexibility index (Phi) is 3.56. The van der Waals surface area contributed by atoms with Gasteiger partial charge in [0.15, 0.2) is 5.17 Å². The van der Waals surface area contributed by atoms with E-state index >= 15 is 0 Å². The molecule has 1 radical (unpaired) electrons. The summed E-state index contributed by atoms with van der Waals surface area (Å²) in [4.78, 5) is 17.4. The highest BCUT2D eigenvalue weighted by molar-refractivity contribution is 8.17. The number of nitrogens with zero attached hydrogens (tertiary/aromatic N) is 2. The van der Waals surface area contributed by atoms with Crippen LogP contribution in [0, 0.1) is 0 Å². The number of aliphatic imine (C=N–C) groups is 1. The lowest BCUT2D eigenvalue weighted by Crippen LogP contribution is -2.05. The second kappa shape index (κ2) is 5.51. The summed E-state index contributed by atoms with van der Waals surface area (Å²) in [5, 5.41) is 6.83. The highest BCUT2D eigenvalue weighted by Crippen LogP contribution is 2.25. The van der Waals surface area contributed by atoms with Crippen molar-refractivity contribution in [3.63, 3.8) is 0 Å². The van der Waals surface area contributed by atoms with Crippen LogP contribution in [0.4, 0.5) is 0 Å². The molecule has 0 unspecified atom stereocenters. The van der Waals surface area contributed by atoms with Crippen LogP contribution in [0.2, 0.25) is 0 Å². The third-order valence-electron chi connectivity index (χ3n) is 3.08. The lowest BCUT2D eigenvalue weighted by Gasteiger charge is -2.00. The highest BCUT2D eigenvalue weighted by Gasteiger charge is 2.14. The zero-order valence-electron chi connectivity index (χ0n) is 11.0. The van der Waals surface area contributed by atoms with Gasteiger partial charge in [-0.1, -0.05) is 49.0 Å². The number of carbonyl (C=O) groups excluding carboxylic acids is 1. The molecule has 0 saturated carbocycles. The molecule has 0 atom stereocenters. The average molecular weight is 281 g/mol. The molecular formula is C16H13N2OS. The predicted octanol–water partition coefficient (Wildman–Crippen LogP) is 3.94. The van der Waals surface area contributed by atoms with E-state index in [0.717, 1.165) is 22.1 Å². The van der Waals surface area contributed by atoms with Crippen molar-refractivity contribution in [1.29, 1.82) is 0 Å². The van der Waals surface area contributed by atoms with Crippen LogP contribution < -0.4 is 5.32 Å². The van der Waals surface area contributed by atoms with Crippen molar-refractivity contribution >= 4 is 33.6 Å². The average Bonchev–Trinajstić information content (AvgIpc) is 2.94. The fraction of sp³-hybridized carbons (Fsp3) is 0.125. The van der Waals surface area contributed by atoms with Gasteiger partial charge in [-0.15, -0.1) is 0 Å². The number of fused-ring (bicyclic) bond motifs is 1. The second-order valence-electron chi connectivity index (χ2n) is 4.44. The summed E-state index contributed by atoms with van der Waals surface area (Å²) in [6, 6.07) is 13.6. The molecular weight excluding hydrogens is 268 g/mol. The molecule has 99 valence electrons. The molecule has 1 amide bonds. The molecule has 3 nitrogen and oxygen atoms in total. The van der Waals surface area contributed by atoms with Crippen LogP contribution in [0.5, 0.6) is 0 Å². The molecule has 4 heteroatoms. The van der Waals surface area contributed by atoms with Crippen molar-refractivity contribution < 1.29 is 4.79 Å². The molecule has 0 N–H and O–H groups in total. The van der Waals surface area contributed by atoms with Crippen molar-refractivity contribution in [1.82, 2.24) is 5.32 Å². The topological polar surface area (TPSA) is 43.5 Å². The van der Waals surface area contributed by atoms with E-state index in [1.54, 1.807) is 6.20 Å². The maximum absolute atomic E-state index is 12.2. The first-order valence-corrected chi connectivity index (χ1v) is 7.27. The molecule has 1 aliphatic heterocycles. The third kappa shape index (κ3) is 2.60. The summed E-state index contributed by atoms with van der Waals surface area (Å²) in [7, 11) is 0. The minimum atomic E-state index is -0.243. The minimum absolute atomic E-state index is 0.243. The highest BCUT2D eigenvalue weighted by atomic mass is 32.2. The molecule has 0 bridgehead atoms. The molecule has 0 saturated heterocycles. The number of rotatable bonds is 2. The number of thioether (sulfide) groups is 1. The summed E-state index contributed by atoms with van der Waals surface area (Å²) in [5.74, 6) is -0.243. The zero-order valence-corrected chi connectivity index (χ0v) is 11.9. The molecule has 1 aliphatic rings. The summed E-state index contributed by atoms with van der Waals surface area (Å²) < 4.78 is 0. The van der Waals surface area contributed by atoms with Crippen LogP contribution in [0.3, 0.4) is 0 Å². The van der Waals surface area contributed by atoms with Crippen LogP contribution in [0.25, 0.3) is 10.8 Å². The lowest BCUT2D eigenvalue weighted by molar-refractivity contribution is 0.100. The van der Waals surface area contributed by atoms with E-state index in [1.807, 2.05) is 42.5 Å². The Bertz CT molecular complexity index is 734. The Morgan fingerprint density at radius 1 is 1.20 bits per heavy atom. The SMILES string of the molecule is CCC1=C[N]C(=NC(=O)c2ccc3ccccc3c2)S1. The van der Waals surface area contributed by atoms with Crippen LogP contribution in [0.15, 0.2) is 58.6 Å². The number of benzene rings is 2. The minimum Gasteiger partial charge on any atom is -0.267 e. The van der Waals surface area contributed by atoms with Gasteiger partial charge in [-0.3, -0.25) is 4.79 Å². The predicted molar refractivity (Wildman–Crippen MR) is 83.8 cm³/mol. The lowest BCUT2D eigenvalue weighted by atomic mass is 10.1. The number of carbonyl (C=O) groups is 1. The molecule has 0 aromatic heterocycles. The number of amidine groups is 1. The molecule has 0 aliphatic carbocycles. The Morgan fingerprint density at radius 2 is 2.00 bits per heavy atom. The molecule has 1 heterocycles. The van der Waals surface area contributed by atoms with Gasteiger partial charge in [0.25, 0.3) is 5.91 Å². The van der Waals surface area contributed by atoms with Crippen LogP contribution in [-0.4, -0.2) is 11.1 Å². The summed E-state index contributed by atoms with van der Waals surface area (Å²) in [6.07, 6.45) is 2.69. The van der Waals surface area contributed by atoms with E-state index in [0.29, 0.717) is 10.7 Å². The van der Waals surface area contributed by atoms with Crippen LogP contribution >= 0.6 is 11.8 Å². The fourth-order valence-electron chi connectivity index (χ4n) is 1.99. The van der Waals surface area contributed by atoms with Crippen molar-refractivity contribution in [2.24, 2.45) is 4.99 Å². The third-order valence-corrected chi connectivity index (χ3v) is 4.12. The van der Waals surface area contributed by atoms with Crippen molar-refractivity contribution in [2.45, 2.75) is 13.3 Å². The summed E-state index contributed by atoms with van der Waals surface area (Å²) in [5.41, 5.74) is 0.594. The van der Waals surface area contributed by atoms with Gasteiger partial charge >= 0.3 is 0 Å². The maximum Gasteiger partial charge on any atom is 0.279 e. The Morgan fingerprint density at radius 3 is 2.75 bits per heavy atom. The van der Waals surface area contributed by atoms with E-state index in [1.165, 1.54) is 11.8 Å². The van der Waals surface area contributed by atoms with Gasteiger partial charge in [-0.25, -0.2) is 5.32 Å². The molecule has 0 spiro atoms. The number of amides is 1. The Hall–Kier alpha value is -2.07. The van der Waals surface area contributed by atoms with E-state index in [2.05, 4.69) is 17.2 Å². The number of hydrogen-bond acceptors (Lipinski definition) is 2. The molecule has 3 rings (SSSR count). The first kappa shape index (κ1) is 12.9. The number of allylic oxidation sites excluding steroid dienone is 1. The second-order valence-corrected chi connectivity index (χ2v) is 5.54. The summed E-state index contributed by atoms with van der Waals surface area (Å²) >= 11 is 1.46. The normalized spacial score (nSPS) is 16.2. The van der Waals surface area contributed by atoms with E-state index in [9.17, 15) is 4.79 Å². The van der Waals surface area contributed by atoms with Gasteiger partial charge in [-0.2, -0.15) is 4.99 Å². The first-order chi connectivity index (χ1) is 9.76. The van der Waals surface area contributed by atoms with Crippen molar-refractivity contribution in [2.75, 3.05) is 0 Å². The van der Waals surface area contributed by atoms with E-state index < -0.39 is 0 Å². The molecule has 2 aromatic carbocycles. The molecule has 2 aromatic rings. The molecule has 0 fully saturated rings.